The summed E-state index contributed by atoms with van der Waals surface area (Å²) in [6, 6.07) is 7.32. The van der Waals surface area contributed by atoms with Crippen LogP contribution in [0.15, 0.2) is 24.3 Å². The Morgan fingerprint density at radius 1 is 1.35 bits per heavy atom. The first-order chi connectivity index (χ1) is 10.9. The fourth-order valence-corrected chi connectivity index (χ4v) is 4.97. The molecule has 2 heterocycles. The van der Waals surface area contributed by atoms with Crippen molar-refractivity contribution in [2.75, 3.05) is 11.5 Å². The summed E-state index contributed by atoms with van der Waals surface area (Å²) >= 11 is 12.7. The minimum absolute atomic E-state index is 0.0286. The van der Waals surface area contributed by atoms with Crippen molar-refractivity contribution in [3.63, 3.8) is 0 Å². The van der Waals surface area contributed by atoms with Crippen LogP contribution in [-0.4, -0.2) is 35.7 Å². The third kappa shape index (κ3) is 3.55. The first-order valence-corrected chi connectivity index (χ1v) is 9.88. The monoisotopic (exact) mass is 373 g/mol. The number of hydrogen-bond acceptors (Lipinski definition) is 4. The van der Waals surface area contributed by atoms with Crippen LogP contribution in [0, 0.1) is 6.92 Å². The second-order valence-corrected chi connectivity index (χ2v) is 8.69. The smallest absolute Gasteiger partial charge is 0.151 e. The lowest BCUT2D eigenvalue weighted by Crippen LogP contribution is -2.29. The van der Waals surface area contributed by atoms with E-state index < -0.39 is 9.84 Å². The molecule has 1 N–H and O–H groups in total. The van der Waals surface area contributed by atoms with Crippen molar-refractivity contribution in [3.05, 3.63) is 45.7 Å². The Labute approximate surface area is 145 Å². The lowest BCUT2D eigenvalue weighted by molar-refractivity contribution is 0.553. The van der Waals surface area contributed by atoms with Crippen LogP contribution in [0.5, 0.6) is 0 Å². The van der Waals surface area contributed by atoms with E-state index in [9.17, 15) is 8.42 Å². The maximum atomic E-state index is 11.5. The number of hydrogen-bond donors (Lipinski definition) is 1. The summed E-state index contributed by atoms with van der Waals surface area (Å²) in [6.07, 6.45) is 0.637. The molecule has 2 aromatic rings. The Kier molecular flexibility index (Phi) is 4.69. The number of nitrogens with zero attached hydrogens (tertiary/aromatic N) is 2. The van der Waals surface area contributed by atoms with Gasteiger partial charge in [0.05, 0.1) is 27.9 Å². The van der Waals surface area contributed by atoms with Gasteiger partial charge in [0.2, 0.25) is 0 Å². The van der Waals surface area contributed by atoms with Crippen molar-refractivity contribution in [1.82, 2.24) is 15.1 Å². The first kappa shape index (κ1) is 16.8. The van der Waals surface area contributed by atoms with E-state index in [2.05, 4.69) is 10.4 Å². The highest BCUT2D eigenvalue weighted by Crippen LogP contribution is 2.27. The summed E-state index contributed by atoms with van der Waals surface area (Å²) in [5, 5.41) is 8.78. The predicted octanol–water partition coefficient (Wildman–Crippen LogP) is 2.76. The molecule has 23 heavy (non-hydrogen) atoms. The molecule has 5 nitrogen and oxygen atoms in total. The van der Waals surface area contributed by atoms with Gasteiger partial charge in [-0.05, 0) is 25.5 Å². The van der Waals surface area contributed by atoms with Crippen LogP contribution < -0.4 is 5.32 Å². The van der Waals surface area contributed by atoms with Crippen LogP contribution >= 0.6 is 23.2 Å². The lowest BCUT2D eigenvalue weighted by Gasteiger charge is -2.10. The van der Waals surface area contributed by atoms with Crippen molar-refractivity contribution in [3.8, 4) is 5.69 Å². The third-order valence-corrected chi connectivity index (χ3v) is 6.48. The molecule has 1 aliphatic rings. The summed E-state index contributed by atoms with van der Waals surface area (Å²) in [6.45, 7) is 2.36. The van der Waals surface area contributed by atoms with Gasteiger partial charge < -0.3 is 5.32 Å². The van der Waals surface area contributed by atoms with E-state index in [0.29, 0.717) is 23.1 Å². The summed E-state index contributed by atoms with van der Waals surface area (Å²) in [4.78, 5) is 0. The maximum Gasteiger partial charge on any atom is 0.151 e. The molecule has 1 saturated heterocycles. The normalized spacial score (nSPS) is 20.0. The number of aromatic nitrogens is 2. The van der Waals surface area contributed by atoms with Crippen LogP contribution in [0.3, 0.4) is 0 Å². The van der Waals surface area contributed by atoms with Gasteiger partial charge in [0.15, 0.2) is 9.84 Å². The average molecular weight is 374 g/mol. The Morgan fingerprint density at radius 3 is 2.74 bits per heavy atom. The molecule has 8 heteroatoms. The Hall–Kier alpha value is -1.08. The Morgan fingerprint density at radius 2 is 2.09 bits per heavy atom. The zero-order chi connectivity index (χ0) is 16.6. The van der Waals surface area contributed by atoms with Crippen molar-refractivity contribution < 1.29 is 8.42 Å². The van der Waals surface area contributed by atoms with Gasteiger partial charge in [0, 0.05) is 18.2 Å². The van der Waals surface area contributed by atoms with Crippen molar-refractivity contribution in [2.24, 2.45) is 0 Å². The number of para-hydroxylation sites is 1. The Bertz CT molecular complexity index is 833. The molecular weight excluding hydrogens is 357 g/mol. The fraction of sp³-hybridized carbons (Fsp3) is 0.400. The second-order valence-electron chi connectivity index (χ2n) is 5.70. The molecule has 0 aliphatic carbocycles. The van der Waals surface area contributed by atoms with Gasteiger partial charge in [-0.15, -0.1) is 0 Å². The van der Waals surface area contributed by atoms with E-state index in [1.807, 2.05) is 25.1 Å². The van der Waals surface area contributed by atoms with Gasteiger partial charge in [-0.1, -0.05) is 35.3 Å². The van der Waals surface area contributed by atoms with Crippen molar-refractivity contribution in [2.45, 2.75) is 25.9 Å². The SMILES string of the molecule is Cc1nn(-c2ccccc2Cl)c(Cl)c1CN[C@@H]1CCS(=O)(=O)C1. The summed E-state index contributed by atoms with van der Waals surface area (Å²) in [5.74, 6) is 0.429. The molecular formula is C15H17Cl2N3O2S. The molecule has 0 radical (unpaired) electrons. The van der Waals surface area contributed by atoms with E-state index in [-0.39, 0.29) is 17.5 Å². The van der Waals surface area contributed by atoms with Crippen molar-refractivity contribution >= 4 is 33.0 Å². The van der Waals surface area contributed by atoms with Gasteiger partial charge >= 0.3 is 0 Å². The molecule has 124 valence electrons. The van der Waals surface area contributed by atoms with Gasteiger partial charge in [-0.2, -0.15) is 5.10 Å². The summed E-state index contributed by atoms with van der Waals surface area (Å²) in [5.41, 5.74) is 2.37. The Balaban J connectivity index is 1.80. The van der Waals surface area contributed by atoms with Gasteiger partial charge in [-0.3, -0.25) is 0 Å². The largest absolute Gasteiger partial charge is 0.309 e. The molecule has 1 atom stereocenters. The molecule has 0 saturated carbocycles. The quantitative estimate of drug-likeness (QED) is 0.894. The molecule has 0 bridgehead atoms. The van der Waals surface area contributed by atoms with Crippen LogP contribution in [0.25, 0.3) is 5.69 Å². The van der Waals surface area contributed by atoms with Crippen LogP contribution in [0.1, 0.15) is 17.7 Å². The van der Waals surface area contributed by atoms with E-state index in [0.717, 1.165) is 16.9 Å². The van der Waals surface area contributed by atoms with Gasteiger partial charge in [0.1, 0.15) is 5.15 Å². The average Bonchev–Trinajstić information content (AvgIpc) is 2.97. The molecule has 1 fully saturated rings. The minimum atomic E-state index is -2.90. The number of sulfone groups is 1. The first-order valence-electron chi connectivity index (χ1n) is 7.30. The van der Waals surface area contributed by atoms with Crippen LogP contribution in [0.2, 0.25) is 10.2 Å². The molecule has 3 rings (SSSR count). The number of benzene rings is 1. The van der Waals surface area contributed by atoms with Crippen LogP contribution in [-0.2, 0) is 16.4 Å². The second kappa shape index (κ2) is 6.43. The van der Waals surface area contributed by atoms with Gasteiger partial charge in [0.25, 0.3) is 0 Å². The number of halogens is 2. The molecule has 1 aromatic heterocycles. The number of aryl methyl sites for hydroxylation is 1. The molecule has 0 unspecified atom stereocenters. The van der Waals surface area contributed by atoms with E-state index >= 15 is 0 Å². The molecule has 1 aliphatic heterocycles. The van der Waals surface area contributed by atoms with Crippen molar-refractivity contribution in [1.29, 1.82) is 0 Å². The standard InChI is InChI=1S/C15H17Cl2N3O2S/c1-10-12(8-18-11-6-7-23(21,22)9-11)15(17)20(19-10)14-5-3-2-4-13(14)16/h2-5,11,18H,6-9H2,1H3/t11-/m1/s1. The highest BCUT2D eigenvalue weighted by molar-refractivity contribution is 7.91. The van der Waals surface area contributed by atoms with Gasteiger partial charge in [-0.25, -0.2) is 13.1 Å². The maximum absolute atomic E-state index is 11.5. The minimum Gasteiger partial charge on any atom is -0.309 e. The molecule has 1 aromatic carbocycles. The lowest BCUT2D eigenvalue weighted by atomic mass is 10.2. The highest BCUT2D eigenvalue weighted by atomic mass is 35.5. The van der Waals surface area contributed by atoms with Crippen LogP contribution in [0.4, 0.5) is 0 Å². The topological polar surface area (TPSA) is 64.0 Å². The molecule has 0 amide bonds. The zero-order valence-electron chi connectivity index (χ0n) is 12.6. The van der Waals surface area contributed by atoms with E-state index in [1.165, 1.54) is 0 Å². The predicted molar refractivity (Wildman–Crippen MR) is 92.2 cm³/mol. The summed E-state index contributed by atoms with van der Waals surface area (Å²) < 4.78 is 24.6. The van der Waals surface area contributed by atoms with E-state index in [4.69, 9.17) is 23.2 Å². The number of nitrogens with one attached hydrogen (secondary N) is 1. The summed E-state index contributed by atoms with van der Waals surface area (Å²) in [7, 11) is -2.90. The third-order valence-electron chi connectivity index (χ3n) is 4.00. The number of rotatable bonds is 4. The van der Waals surface area contributed by atoms with E-state index in [1.54, 1.807) is 10.7 Å². The highest BCUT2D eigenvalue weighted by Gasteiger charge is 2.28. The fourth-order valence-electron chi connectivity index (χ4n) is 2.72. The zero-order valence-corrected chi connectivity index (χ0v) is 14.9. The molecule has 0 spiro atoms.